The van der Waals surface area contributed by atoms with Crippen molar-refractivity contribution in [3.05, 3.63) is 0 Å². The number of rotatable bonds is 2. The monoisotopic (exact) mass is 439 g/mol. The van der Waals surface area contributed by atoms with Crippen LogP contribution in [0, 0.1) is 67.2 Å². The van der Waals surface area contributed by atoms with E-state index in [0.717, 1.165) is 19.3 Å². The Labute approximate surface area is 135 Å². The van der Waals surface area contributed by atoms with Crippen LogP contribution in [0.25, 0.3) is 0 Å². The first kappa shape index (κ1) is 15.4. The molecule has 5 atom stereocenters. The molecule has 3 heteroatoms. The largest absolute Gasteiger partial charge is 0.396 e. The summed E-state index contributed by atoms with van der Waals surface area (Å²) >= 11 is 0. The molecular formula is C13H24AcO2. The van der Waals surface area contributed by atoms with Crippen molar-refractivity contribution in [3.63, 3.8) is 0 Å². The van der Waals surface area contributed by atoms with Gasteiger partial charge in [0, 0.05) is 50.7 Å². The molecule has 0 aromatic rings. The van der Waals surface area contributed by atoms with Crippen LogP contribution in [0.15, 0.2) is 0 Å². The summed E-state index contributed by atoms with van der Waals surface area (Å²) in [4.78, 5) is 0. The smallest absolute Gasteiger partial charge is 0.0573 e. The minimum atomic E-state index is -0.0837. The molecule has 2 N–H and O–H groups in total. The molecular weight excluding hydrogens is 415 g/mol. The molecule has 0 bridgehead atoms. The molecule has 0 aromatic heterocycles. The standard InChI is InChI=1S/C13H24O2.Ac/c1-9(8-14)10-5-6-11-12(15)4-3-7-13(10,11)2;/h9-12,14-15H,3-8H2,1-2H3;. The van der Waals surface area contributed by atoms with Gasteiger partial charge in [-0.25, -0.2) is 0 Å². The van der Waals surface area contributed by atoms with Crippen LogP contribution in [-0.2, 0) is 0 Å². The third-order valence-electron chi connectivity index (χ3n) is 5.14. The van der Waals surface area contributed by atoms with Gasteiger partial charge in [-0.2, -0.15) is 0 Å². The molecule has 0 aliphatic heterocycles. The van der Waals surface area contributed by atoms with Gasteiger partial charge in [0.2, 0.25) is 0 Å². The second-order valence-electron chi connectivity index (χ2n) is 5.92. The van der Waals surface area contributed by atoms with Crippen LogP contribution < -0.4 is 0 Å². The number of hydrogen-bond donors (Lipinski definition) is 2. The fourth-order valence-corrected chi connectivity index (χ4v) is 4.25. The van der Waals surface area contributed by atoms with Crippen LogP contribution in [0.3, 0.4) is 0 Å². The molecule has 91 valence electrons. The maximum Gasteiger partial charge on any atom is 0.0573 e. The summed E-state index contributed by atoms with van der Waals surface area (Å²) in [5.74, 6) is 1.50. The Balaban J connectivity index is 0.00000128. The second-order valence-corrected chi connectivity index (χ2v) is 5.92. The molecule has 0 amide bonds. The zero-order valence-corrected chi connectivity index (χ0v) is 15.3. The molecule has 2 fully saturated rings. The van der Waals surface area contributed by atoms with Gasteiger partial charge in [-0.05, 0) is 48.9 Å². The zero-order valence-electron chi connectivity index (χ0n) is 10.5. The SMILES string of the molecule is CC(CO)C1CCC2C(O)CCCC12C.[Ac]. The third-order valence-corrected chi connectivity index (χ3v) is 5.14. The van der Waals surface area contributed by atoms with E-state index in [-0.39, 0.29) is 50.2 Å². The van der Waals surface area contributed by atoms with E-state index in [1.807, 2.05) is 0 Å². The number of fused-ring (bicyclic) bond motifs is 1. The van der Waals surface area contributed by atoms with Crippen molar-refractivity contribution in [2.24, 2.45) is 23.2 Å². The quantitative estimate of drug-likeness (QED) is 0.693. The van der Waals surface area contributed by atoms with E-state index in [9.17, 15) is 10.2 Å². The van der Waals surface area contributed by atoms with Crippen molar-refractivity contribution in [2.75, 3.05) is 6.61 Å². The Hall–Kier alpha value is 1.36. The Morgan fingerprint density at radius 3 is 2.62 bits per heavy atom. The summed E-state index contributed by atoms with van der Waals surface area (Å²) in [6.45, 7) is 4.78. The molecule has 2 aliphatic rings. The van der Waals surface area contributed by atoms with Crippen molar-refractivity contribution in [2.45, 2.75) is 52.1 Å². The van der Waals surface area contributed by atoms with Crippen LogP contribution in [-0.4, -0.2) is 22.9 Å². The van der Waals surface area contributed by atoms with Gasteiger partial charge in [0.15, 0.2) is 0 Å². The van der Waals surface area contributed by atoms with Crippen molar-refractivity contribution in [1.29, 1.82) is 0 Å². The van der Waals surface area contributed by atoms with Gasteiger partial charge in [-0.3, -0.25) is 0 Å². The van der Waals surface area contributed by atoms with E-state index in [0.29, 0.717) is 29.8 Å². The van der Waals surface area contributed by atoms with Crippen molar-refractivity contribution in [3.8, 4) is 0 Å². The van der Waals surface area contributed by atoms with E-state index in [1.54, 1.807) is 0 Å². The molecule has 5 unspecified atom stereocenters. The number of hydrogen-bond acceptors (Lipinski definition) is 2. The minimum Gasteiger partial charge on any atom is -0.396 e. The summed E-state index contributed by atoms with van der Waals surface area (Å²) in [6, 6.07) is 0. The minimum absolute atomic E-state index is 0. The maximum atomic E-state index is 10.1. The molecule has 2 rings (SSSR count). The van der Waals surface area contributed by atoms with Crippen LogP contribution in [0.4, 0.5) is 0 Å². The predicted molar refractivity (Wildman–Crippen MR) is 60.4 cm³/mol. The van der Waals surface area contributed by atoms with Crippen LogP contribution in [0.2, 0.25) is 0 Å². The van der Waals surface area contributed by atoms with Crippen molar-refractivity contribution < 1.29 is 54.3 Å². The van der Waals surface area contributed by atoms with E-state index in [2.05, 4.69) is 13.8 Å². The molecule has 2 nitrogen and oxygen atoms in total. The molecule has 0 saturated heterocycles. The van der Waals surface area contributed by atoms with Crippen molar-refractivity contribution >= 4 is 0 Å². The topological polar surface area (TPSA) is 40.5 Å². The van der Waals surface area contributed by atoms with Crippen LogP contribution in [0.1, 0.15) is 46.0 Å². The summed E-state index contributed by atoms with van der Waals surface area (Å²) in [5.41, 5.74) is 0.291. The number of aliphatic hydroxyl groups is 2. The normalized spacial score (nSPS) is 44.6. The molecule has 0 spiro atoms. The van der Waals surface area contributed by atoms with E-state index < -0.39 is 0 Å². The predicted octanol–water partition coefficient (Wildman–Crippen LogP) is 2.19. The first-order chi connectivity index (χ1) is 7.09. The molecule has 1 radical (unpaired) electrons. The average molecular weight is 439 g/mol. The maximum absolute atomic E-state index is 10.1. The van der Waals surface area contributed by atoms with Gasteiger partial charge in [-0.1, -0.05) is 20.3 Å². The molecule has 0 heterocycles. The molecule has 2 saturated carbocycles. The van der Waals surface area contributed by atoms with Gasteiger partial charge in [0.1, 0.15) is 0 Å². The van der Waals surface area contributed by atoms with Gasteiger partial charge in [0.25, 0.3) is 0 Å². The average Bonchev–Trinajstić information content (AvgIpc) is 2.56. The van der Waals surface area contributed by atoms with Gasteiger partial charge in [-0.15, -0.1) is 0 Å². The Morgan fingerprint density at radius 2 is 2.00 bits per heavy atom. The second kappa shape index (κ2) is 6.00. The fourth-order valence-electron chi connectivity index (χ4n) is 4.25. The van der Waals surface area contributed by atoms with Gasteiger partial charge >= 0.3 is 0 Å². The van der Waals surface area contributed by atoms with Gasteiger partial charge < -0.3 is 10.2 Å². The van der Waals surface area contributed by atoms with Gasteiger partial charge in [0.05, 0.1) is 6.10 Å². The summed E-state index contributed by atoms with van der Waals surface area (Å²) in [7, 11) is 0. The Morgan fingerprint density at radius 1 is 1.31 bits per heavy atom. The fraction of sp³-hybridized carbons (Fsp3) is 1.00. The third kappa shape index (κ3) is 2.53. The number of aliphatic hydroxyl groups excluding tert-OH is 2. The summed E-state index contributed by atoms with van der Waals surface area (Å²) in [6.07, 6.45) is 5.65. The molecule has 16 heavy (non-hydrogen) atoms. The van der Waals surface area contributed by atoms with Crippen LogP contribution >= 0.6 is 0 Å². The van der Waals surface area contributed by atoms with E-state index in [1.165, 1.54) is 12.8 Å². The Kier molecular flexibility index (Phi) is 5.78. The van der Waals surface area contributed by atoms with E-state index >= 15 is 0 Å². The molecule has 2 aliphatic carbocycles. The van der Waals surface area contributed by atoms with Crippen LogP contribution in [0.5, 0.6) is 0 Å². The first-order valence-corrected chi connectivity index (χ1v) is 6.38. The van der Waals surface area contributed by atoms with E-state index in [4.69, 9.17) is 0 Å². The van der Waals surface area contributed by atoms with Crippen molar-refractivity contribution in [1.82, 2.24) is 0 Å². The molecule has 0 aromatic carbocycles. The first-order valence-electron chi connectivity index (χ1n) is 6.38. The Bertz CT molecular complexity index is 234. The summed E-state index contributed by atoms with van der Waals surface area (Å²) < 4.78 is 0. The zero-order chi connectivity index (χ0) is 11.1. The summed E-state index contributed by atoms with van der Waals surface area (Å²) in [5, 5.41) is 19.4.